The largest absolute Gasteiger partial charge is 0.382 e. The van der Waals surface area contributed by atoms with Crippen LogP contribution in [0.5, 0.6) is 0 Å². The molecule has 1 atom stereocenters. The van der Waals surface area contributed by atoms with Crippen LogP contribution in [0.25, 0.3) is 22.5 Å². The van der Waals surface area contributed by atoms with Crippen molar-refractivity contribution in [3.05, 3.63) is 88.8 Å². The number of aromatic nitrogens is 4. The lowest BCUT2D eigenvalue weighted by Gasteiger charge is -2.16. The SMILES string of the molecule is Cc1cc(-c2nc(C(=O)NC(C)c3ncccc3F)c(N)nc2-c2ccccc2)cc(Cl)n1. The molecular weight excluding hydrogens is 443 g/mol. The Hall–Kier alpha value is -3.91. The minimum atomic E-state index is -0.713. The maximum Gasteiger partial charge on any atom is 0.274 e. The summed E-state index contributed by atoms with van der Waals surface area (Å²) in [6.45, 7) is 3.43. The molecule has 0 fully saturated rings. The third-order valence-corrected chi connectivity index (χ3v) is 5.12. The third kappa shape index (κ3) is 4.80. The summed E-state index contributed by atoms with van der Waals surface area (Å²) in [4.78, 5) is 30.3. The molecule has 0 aliphatic carbocycles. The molecule has 0 spiro atoms. The summed E-state index contributed by atoms with van der Waals surface area (Å²) in [5.74, 6) is -1.18. The number of hydrogen-bond acceptors (Lipinski definition) is 6. The summed E-state index contributed by atoms with van der Waals surface area (Å²) in [7, 11) is 0. The lowest BCUT2D eigenvalue weighted by molar-refractivity contribution is 0.0934. The standard InChI is InChI=1S/C24H20ClFN6O/c1-13-11-16(12-18(25)29-13)21-20(15-7-4-3-5-8-15)32-23(27)22(31-21)24(33)30-14(2)19-17(26)9-6-10-28-19/h3-12,14H,1-2H3,(H2,27,32)(H,30,33). The van der Waals surface area contributed by atoms with E-state index in [1.165, 1.54) is 18.3 Å². The molecule has 3 aromatic heterocycles. The Bertz CT molecular complexity index is 1310. The van der Waals surface area contributed by atoms with Crippen molar-refractivity contribution < 1.29 is 9.18 Å². The third-order valence-electron chi connectivity index (χ3n) is 4.93. The van der Waals surface area contributed by atoms with Crippen molar-refractivity contribution in [3.63, 3.8) is 0 Å². The highest BCUT2D eigenvalue weighted by Crippen LogP contribution is 2.32. The number of rotatable bonds is 5. The fraction of sp³-hybridized carbons (Fsp3) is 0.125. The first-order chi connectivity index (χ1) is 15.8. The van der Waals surface area contributed by atoms with E-state index >= 15 is 0 Å². The number of benzene rings is 1. The van der Waals surface area contributed by atoms with E-state index in [0.717, 1.165) is 5.56 Å². The number of nitrogen functional groups attached to an aromatic ring is 1. The van der Waals surface area contributed by atoms with Gasteiger partial charge in [0.2, 0.25) is 0 Å². The van der Waals surface area contributed by atoms with Crippen molar-refractivity contribution in [2.45, 2.75) is 19.9 Å². The Kier molecular flexibility index (Phi) is 6.28. The highest BCUT2D eigenvalue weighted by Gasteiger charge is 2.23. The number of halogens is 2. The molecule has 166 valence electrons. The van der Waals surface area contributed by atoms with E-state index in [1.807, 2.05) is 30.3 Å². The van der Waals surface area contributed by atoms with E-state index in [2.05, 4.69) is 25.3 Å². The summed E-state index contributed by atoms with van der Waals surface area (Å²) in [5, 5.41) is 2.98. The molecule has 7 nitrogen and oxygen atoms in total. The summed E-state index contributed by atoms with van der Waals surface area (Å²) in [6.07, 6.45) is 1.46. The van der Waals surface area contributed by atoms with Gasteiger partial charge in [-0.25, -0.2) is 19.3 Å². The van der Waals surface area contributed by atoms with E-state index in [4.69, 9.17) is 17.3 Å². The predicted octanol–water partition coefficient (Wildman–Crippen LogP) is 4.77. The molecule has 33 heavy (non-hydrogen) atoms. The molecule has 0 saturated heterocycles. The van der Waals surface area contributed by atoms with Gasteiger partial charge in [-0.3, -0.25) is 9.78 Å². The second kappa shape index (κ2) is 9.30. The van der Waals surface area contributed by atoms with Gasteiger partial charge in [0, 0.05) is 23.0 Å². The maximum absolute atomic E-state index is 14.1. The minimum absolute atomic E-state index is 0.0549. The molecule has 0 radical (unpaired) electrons. The summed E-state index contributed by atoms with van der Waals surface area (Å²) >= 11 is 6.18. The van der Waals surface area contributed by atoms with E-state index in [9.17, 15) is 9.18 Å². The van der Waals surface area contributed by atoms with Crippen molar-refractivity contribution in [2.75, 3.05) is 5.73 Å². The predicted molar refractivity (Wildman–Crippen MR) is 125 cm³/mol. The van der Waals surface area contributed by atoms with Crippen LogP contribution in [0.15, 0.2) is 60.8 Å². The number of carbonyl (C=O) groups excluding carboxylic acids is 1. The Morgan fingerprint density at radius 3 is 2.45 bits per heavy atom. The Balaban J connectivity index is 1.80. The number of hydrogen-bond donors (Lipinski definition) is 2. The molecule has 0 aliphatic heterocycles. The Morgan fingerprint density at radius 1 is 1.03 bits per heavy atom. The molecule has 9 heteroatoms. The fourth-order valence-electron chi connectivity index (χ4n) is 3.43. The fourth-order valence-corrected chi connectivity index (χ4v) is 3.68. The van der Waals surface area contributed by atoms with Crippen LogP contribution in [0.4, 0.5) is 10.2 Å². The average molecular weight is 463 g/mol. The van der Waals surface area contributed by atoms with E-state index < -0.39 is 17.8 Å². The van der Waals surface area contributed by atoms with Crippen LogP contribution in [0.2, 0.25) is 5.15 Å². The van der Waals surface area contributed by atoms with Gasteiger partial charge in [0.15, 0.2) is 11.5 Å². The second-order valence-electron chi connectivity index (χ2n) is 7.41. The normalized spacial score (nSPS) is 11.8. The van der Waals surface area contributed by atoms with Gasteiger partial charge >= 0.3 is 0 Å². The number of pyridine rings is 2. The van der Waals surface area contributed by atoms with Crippen LogP contribution in [0.1, 0.15) is 34.8 Å². The van der Waals surface area contributed by atoms with E-state index in [-0.39, 0.29) is 22.4 Å². The number of anilines is 1. The van der Waals surface area contributed by atoms with Crippen molar-refractivity contribution in [3.8, 4) is 22.5 Å². The van der Waals surface area contributed by atoms with Crippen LogP contribution in [-0.2, 0) is 0 Å². The molecule has 1 aromatic carbocycles. The molecule has 0 aliphatic rings. The second-order valence-corrected chi connectivity index (χ2v) is 7.79. The van der Waals surface area contributed by atoms with Gasteiger partial charge in [0.05, 0.1) is 23.1 Å². The number of nitrogens with zero attached hydrogens (tertiary/aromatic N) is 4. The Labute approximate surface area is 194 Å². The van der Waals surface area contributed by atoms with Crippen molar-refractivity contribution in [1.82, 2.24) is 25.3 Å². The monoisotopic (exact) mass is 462 g/mol. The van der Waals surface area contributed by atoms with Gasteiger partial charge in [0.25, 0.3) is 5.91 Å². The van der Waals surface area contributed by atoms with Crippen LogP contribution in [-0.4, -0.2) is 25.8 Å². The van der Waals surface area contributed by atoms with Crippen LogP contribution >= 0.6 is 11.6 Å². The van der Waals surface area contributed by atoms with Gasteiger partial charge < -0.3 is 11.1 Å². The number of nitrogens with one attached hydrogen (secondary N) is 1. The first-order valence-corrected chi connectivity index (χ1v) is 10.5. The maximum atomic E-state index is 14.1. The first-order valence-electron chi connectivity index (χ1n) is 10.1. The molecule has 4 rings (SSSR count). The average Bonchev–Trinajstić information content (AvgIpc) is 2.79. The molecular formula is C24H20ClFN6O. The van der Waals surface area contributed by atoms with Gasteiger partial charge in [-0.2, -0.15) is 0 Å². The molecule has 1 unspecified atom stereocenters. The molecule has 3 heterocycles. The molecule has 1 amide bonds. The van der Waals surface area contributed by atoms with Crippen LogP contribution in [0.3, 0.4) is 0 Å². The Morgan fingerprint density at radius 2 is 1.76 bits per heavy atom. The number of carbonyl (C=O) groups is 1. The summed E-state index contributed by atoms with van der Waals surface area (Å²) < 4.78 is 14.1. The van der Waals surface area contributed by atoms with E-state index in [1.54, 1.807) is 26.0 Å². The highest BCUT2D eigenvalue weighted by atomic mass is 35.5. The first kappa shape index (κ1) is 22.3. The quantitative estimate of drug-likeness (QED) is 0.413. The zero-order chi connectivity index (χ0) is 23.5. The smallest absolute Gasteiger partial charge is 0.274 e. The molecule has 0 bridgehead atoms. The van der Waals surface area contributed by atoms with Crippen LogP contribution < -0.4 is 11.1 Å². The molecule has 3 N–H and O–H groups in total. The van der Waals surface area contributed by atoms with Crippen LogP contribution in [0, 0.1) is 12.7 Å². The summed E-state index contributed by atoms with van der Waals surface area (Å²) in [6, 6.07) is 14.8. The zero-order valence-electron chi connectivity index (χ0n) is 17.9. The molecule has 0 saturated carbocycles. The lowest BCUT2D eigenvalue weighted by atomic mass is 10.0. The number of amides is 1. The van der Waals surface area contributed by atoms with Gasteiger partial charge in [0.1, 0.15) is 11.0 Å². The topological polar surface area (TPSA) is 107 Å². The van der Waals surface area contributed by atoms with Crippen molar-refractivity contribution in [2.24, 2.45) is 0 Å². The van der Waals surface area contributed by atoms with Crippen molar-refractivity contribution in [1.29, 1.82) is 0 Å². The molecule has 4 aromatic rings. The van der Waals surface area contributed by atoms with Crippen molar-refractivity contribution >= 4 is 23.3 Å². The lowest BCUT2D eigenvalue weighted by Crippen LogP contribution is -2.30. The van der Waals surface area contributed by atoms with Gasteiger partial charge in [-0.1, -0.05) is 41.9 Å². The summed E-state index contributed by atoms with van der Waals surface area (Å²) in [5.41, 5.74) is 9.17. The van der Waals surface area contributed by atoms with Gasteiger partial charge in [-0.05, 0) is 38.1 Å². The minimum Gasteiger partial charge on any atom is -0.382 e. The highest BCUT2D eigenvalue weighted by molar-refractivity contribution is 6.29. The number of aryl methyl sites for hydroxylation is 1. The van der Waals surface area contributed by atoms with Gasteiger partial charge in [-0.15, -0.1) is 0 Å². The number of nitrogens with two attached hydrogens (primary N) is 1. The van der Waals surface area contributed by atoms with E-state index in [0.29, 0.717) is 22.6 Å². The zero-order valence-corrected chi connectivity index (χ0v) is 18.6.